The Bertz CT molecular complexity index is 979. The minimum Gasteiger partial charge on any atom is -0.335 e. The van der Waals surface area contributed by atoms with Crippen LogP contribution in [0.3, 0.4) is 0 Å². The minimum atomic E-state index is -3.51. The molecule has 1 aromatic carbocycles. The van der Waals surface area contributed by atoms with Crippen LogP contribution in [0.1, 0.15) is 10.5 Å². The van der Waals surface area contributed by atoms with Gasteiger partial charge in [-0.2, -0.15) is 0 Å². The Morgan fingerprint density at radius 3 is 2.70 bits per heavy atom. The first-order chi connectivity index (χ1) is 10.8. The third kappa shape index (κ3) is 3.07. The molecule has 8 heteroatoms. The Morgan fingerprint density at radius 2 is 2.04 bits per heavy atom. The van der Waals surface area contributed by atoms with Crippen molar-refractivity contribution >= 4 is 32.5 Å². The van der Waals surface area contributed by atoms with Gasteiger partial charge in [0.15, 0.2) is 9.84 Å². The number of halogens is 1. The minimum absolute atomic E-state index is 0.103. The lowest BCUT2D eigenvalue weighted by molar-refractivity contribution is 0.102. The van der Waals surface area contributed by atoms with Crippen LogP contribution in [-0.4, -0.2) is 30.5 Å². The number of sulfone groups is 1. The Morgan fingerprint density at radius 1 is 1.26 bits per heavy atom. The molecule has 3 rings (SSSR count). The molecule has 0 unspecified atom stereocenters. The second-order valence-corrected chi connectivity index (χ2v) is 7.01. The number of nitrogens with one attached hydrogen (secondary N) is 2. The lowest BCUT2D eigenvalue weighted by Gasteiger charge is -2.06. The number of nitrogens with zero attached hydrogens (tertiary/aromatic N) is 1. The predicted octanol–water partition coefficient (Wildman–Crippen LogP) is 2.36. The molecule has 2 heterocycles. The fourth-order valence-corrected chi connectivity index (χ4v) is 2.73. The molecule has 0 atom stereocenters. The van der Waals surface area contributed by atoms with Crippen molar-refractivity contribution in [3.8, 4) is 0 Å². The van der Waals surface area contributed by atoms with E-state index >= 15 is 0 Å². The van der Waals surface area contributed by atoms with Crippen molar-refractivity contribution in [3.05, 3.63) is 54.1 Å². The highest BCUT2D eigenvalue weighted by Crippen LogP contribution is 2.20. The first-order valence-corrected chi connectivity index (χ1v) is 8.48. The summed E-state index contributed by atoms with van der Waals surface area (Å²) in [6.07, 6.45) is 2.57. The van der Waals surface area contributed by atoms with Crippen LogP contribution in [0, 0.1) is 5.82 Å². The Labute approximate surface area is 131 Å². The summed E-state index contributed by atoms with van der Waals surface area (Å²) in [5, 5.41) is 3.15. The monoisotopic (exact) mass is 333 g/mol. The van der Waals surface area contributed by atoms with Crippen LogP contribution in [0.15, 0.2) is 47.5 Å². The van der Waals surface area contributed by atoms with E-state index < -0.39 is 21.6 Å². The van der Waals surface area contributed by atoms with Crippen molar-refractivity contribution in [3.63, 3.8) is 0 Å². The summed E-state index contributed by atoms with van der Waals surface area (Å²) in [4.78, 5) is 18.9. The summed E-state index contributed by atoms with van der Waals surface area (Å²) in [6, 6.07) is 8.45. The first-order valence-electron chi connectivity index (χ1n) is 6.59. The molecule has 0 spiro atoms. The molecule has 0 aliphatic rings. The number of hydrogen-bond donors (Lipinski definition) is 2. The number of carbonyl (C=O) groups excluding carboxylic acids is 1. The van der Waals surface area contributed by atoms with E-state index in [2.05, 4.69) is 15.3 Å². The number of amides is 1. The fraction of sp³-hybridized carbons (Fsp3) is 0.0667. The molecule has 1 amide bonds. The highest BCUT2D eigenvalue weighted by molar-refractivity contribution is 7.90. The Balaban J connectivity index is 1.88. The Hall–Kier alpha value is -2.74. The first kappa shape index (κ1) is 15.2. The fourth-order valence-electron chi connectivity index (χ4n) is 2.10. The molecule has 0 aliphatic heterocycles. The summed E-state index contributed by atoms with van der Waals surface area (Å²) in [7, 11) is -3.51. The number of benzene rings is 1. The summed E-state index contributed by atoms with van der Waals surface area (Å²) in [6.45, 7) is 0. The maximum Gasteiger partial charge on any atom is 0.272 e. The van der Waals surface area contributed by atoms with Gasteiger partial charge < -0.3 is 10.3 Å². The number of aromatic nitrogens is 2. The van der Waals surface area contributed by atoms with Gasteiger partial charge in [0.25, 0.3) is 5.91 Å². The maximum absolute atomic E-state index is 14.0. The summed E-state index contributed by atoms with van der Waals surface area (Å²) >= 11 is 0. The summed E-state index contributed by atoms with van der Waals surface area (Å²) in [5.74, 6) is -1.37. The van der Waals surface area contributed by atoms with Gasteiger partial charge in [-0.1, -0.05) is 0 Å². The molecule has 2 N–H and O–H groups in total. The molecule has 0 radical (unpaired) electrons. The van der Waals surface area contributed by atoms with E-state index in [9.17, 15) is 17.6 Å². The van der Waals surface area contributed by atoms with Crippen LogP contribution < -0.4 is 5.32 Å². The molecular formula is C15H12FN3O3S. The lowest BCUT2D eigenvalue weighted by atomic mass is 10.3. The van der Waals surface area contributed by atoms with E-state index in [0.717, 1.165) is 17.7 Å². The number of rotatable bonds is 3. The van der Waals surface area contributed by atoms with E-state index in [1.165, 1.54) is 12.1 Å². The number of aromatic amines is 1. The zero-order chi connectivity index (χ0) is 16.6. The van der Waals surface area contributed by atoms with Gasteiger partial charge in [-0.3, -0.25) is 4.79 Å². The van der Waals surface area contributed by atoms with Crippen molar-refractivity contribution < 1.29 is 17.6 Å². The van der Waals surface area contributed by atoms with Gasteiger partial charge in [-0.25, -0.2) is 17.8 Å². The molecule has 0 saturated heterocycles. The van der Waals surface area contributed by atoms with Gasteiger partial charge in [0.1, 0.15) is 17.2 Å². The van der Waals surface area contributed by atoms with Crippen LogP contribution in [-0.2, 0) is 9.84 Å². The van der Waals surface area contributed by atoms with E-state index in [-0.39, 0.29) is 16.3 Å². The standard InChI is InChI=1S/C15H12FN3O3S/c1-23(21,22)10-4-5-12(11(16)8-10)19-15(20)13-7-9-3-2-6-17-14(9)18-13/h2-8H,1H3,(H,17,18)(H,19,20). The molecule has 3 aromatic rings. The van der Waals surface area contributed by atoms with E-state index in [0.29, 0.717) is 5.65 Å². The van der Waals surface area contributed by atoms with Crippen LogP contribution in [0.4, 0.5) is 10.1 Å². The highest BCUT2D eigenvalue weighted by atomic mass is 32.2. The maximum atomic E-state index is 14.0. The van der Waals surface area contributed by atoms with Gasteiger partial charge in [-0.15, -0.1) is 0 Å². The molecular weight excluding hydrogens is 321 g/mol. The van der Waals surface area contributed by atoms with Crippen molar-refractivity contribution in [1.29, 1.82) is 0 Å². The van der Waals surface area contributed by atoms with E-state index in [1.54, 1.807) is 24.4 Å². The van der Waals surface area contributed by atoms with Crippen LogP contribution in [0.2, 0.25) is 0 Å². The number of carbonyl (C=O) groups is 1. The quantitative estimate of drug-likeness (QED) is 0.769. The van der Waals surface area contributed by atoms with Gasteiger partial charge in [0, 0.05) is 17.8 Å². The number of pyridine rings is 1. The molecule has 6 nitrogen and oxygen atoms in total. The number of anilines is 1. The number of hydrogen-bond acceptors (Lipinski definition) is 4. The second kappa shape index (κ2) is 5.47. The third-order valence-corrected chi connectivity index (χ3v) is 4.36. The average Bonchev–Trinajstić information content (AvgIpc) is 2.92. The van der Waals surface area contributed by atoms with E-state index in [1.807, 2.05) is 0 Å². The zero-order valence-electron chi connectivity index (χ0n) is 12.0. The summed E-state index contributed by atoms with van der Waals surface area (Å²) in [5.41, 5.74) is 0.671. The molecule has 23 heavy (non-hydrogen) atoms. The topological polar surface area (TPSA) is 91.9 Å². The number of H-pyrrole nitrogens is 1. The van der Waals surface area contributed by atoms with Crippen molar-refractivity contribution in [2.75, 3.05) is 11.6 Å². The SMILES string of the molecule is CS(=O)(=O)c1ccc(NC(=O)c2cc3cccnc3[nH]2)c(F)c1. The highest BCUT2D eigenvalue weighted by Gasteiger charge is 2.15. The zero-order valence-corrected chi connectivity index (χ0v) is 12.8. The van der Waals surface area contributed by atoms with Gasteiger partial charge >= 0.3 is 0 Å². The van der Waals surface area contributed by atoms with Crippen molar-refractivity contribution in [2.24, 2.45) is 0 Å². The molecule has 118 valence electrons. The molecule has 0 saturated carbocycles. The normalized spacial score (nSPS) is 11.6. The van der Waals surface area contributed by atoms with Crippen LogP contribution >= 0.6 is 0 Å². The predicted molar refractivity (Wildman–Crippen MR) is 83.6 cm³/mol. The molecule has 2 aromatic heterocycles. The van der Waals surface area contributed by atoms with Crippen LogP contribution in [0.5, 0.6) is 0 Å². The largest absolute Gasteiger partial charge is 0.335 e. The molecule has 0 bridgehead atoms. The van der Waals surface area contributed by atoms with Crippen molar-refractivity contribution in [1.82, 2.24) is 9.97 Å². The molecule has 0 fully saturated rings. The van der Waals surface area contributed by atoms with Gasteiger partial charge in [0.05, 0.1) is 10.6 Å². The Kier molecular flexibility index (Phi) is 3.61. The molecule has 0 aliphatic carbocycles. The van der Waals surface area contributed by atoms with E-state index in [4.69, 9.17) is 0 Å². The van der Waals surface area contributed by atoms with Crippen molar-refractivity contribution in [2.45, 2.75) is 4.90 Å². The average molecular weight is 333 g/mol. The smallest absolute Gasteiger partial charge is 0.272 e. The third-order valence-electron chi connectivity index (χ3n) is 3.25. The van der Waals surface area contributed by atoms with Gasteiger partial charge in [-0.05, 0) is 36.4 Å². The lowest BCUT2D eigenvalue weighted by Crippen LogP contribution is -2.13. The number of fused-ring (bicyclic) bond motifs is 1. The second-order valence-electron chi connectivity index (χ2n) is 4.99. The summed E-state index contributed by atoms with van der Waals surface area (Å²) < 4.78 is 36.7. The van der Waals surface area contributed by atoms with Crippen LogP contribution in [0.25, 0.3) is 11.0 Å². The van der Waals surface area contributed by atoms with Gasteiger partial charge in [0.2, 0.25) is 0 Å².